The molecule has 0 spiro atoms. The molecule has 2 heterocycles. The van der Waals surface area contributed by atoms with Crippen molar-refractivity contribution in [2.45, 2.75) is 38.3 Å². The van der Waals surface area contributed by atoms with Crippen LogP contribution >= 0.6 is 0 Å². The van der Waals surface area contributed by atoms with E-state index in [1.165, 1.54) is 0 Å². The van der Waals surface area contributed by atoms with Gasteiger partial charge in [0.1, 0.15) is 11.8 Å². The number of nitrogens with one attached hydrogen (secondary N) is 1. The first-order valence-electron chi connectivity index (χ1n) is 9.61. The van der Waals surface area contributed by atoms with Crippen molar-refractivity contribution >= 4 is 11.9 Å². The number of aryl methyl sites for hydroxylation is 1. The molecule has 2 saturated heterocycles. The fourth-order valence-electron chi connectivity index (χ4n) is 4.24. The van der Waals surface area contributed by atoms with Gasteiger partial charge in [0.2, 0.25) is 5.91 Å². The van der Waals surface area contributed by atoms with Crippen LogP contribution in [0.15, 0.2) is 18.2 Å². The zero-order valence-electron chi connectivity index (χ0n) is 16.1. The van der Waals surface area contributed by atoms with Gasteiger partial charge in [-0.05, 0) is 37.0 Å². The average Bonchev–Trinajstić information content (AvgIpc) is 2.87. The maximum absolute atomic E-state index is 12.0. The minimum atomic E-state index is -0.817. The number of methoxy groups -OCH3 is 1. The lowest BCUT2D eigenvalue weighted by atomic mass is 9.97. The molecule has 1 amide bonds. The van der Waals surface area contributed by atoms with Gasteiger partial charge in [0, 0.05) is 45.2 Å². The number of carboxylic acid groups (broad SMARTS) is 1. The number of hydrogen-bond donors (Lipinski definition) is 2. The van der Waals surface area contributed by atoms with Crippen LogP contribution in [0.3, 0.4) is 0 Å². The number of amides is 1. The van der Waals surface area contributed by atoms with Crippen LogP contribution in [0.1, 0.15) is 36.4 Å². The number of ether oxygens (including phenoxy) is 1. The van der Waals surface area contributed by atoms with E-state index in [1.807, 2.05) is 25.1 Å². The van der Waals surface area contributed by atoms with Crippen molar-refractivity contribution in [1.29, 1.82) is 0 Å². The van der Waals surface area contributed by atoms with Crippen molar-refractivity contribution in [3.63, 3.8) is 0 Å². The molecular formula is C20H29N3O4. The van der Waals surface area contributed by atoms with Crippen LogP contribution in [-0.4, -0.2) is 72.7 Å². The molecule has 3 rings (SSSR count). The number of benzene rings is 1. The predicted octanol–water partition coefficient (Wildman–Crippen LogP) is 1.42. The van der Waals surface area contributed by atoms with Crippen molar-refractivity contribution in [3.8, 4) is 5.75 Å². The number of likely N-dealkylation sites (tertiary alicyclic amines) is 1. The standard InChI is InChI=1S/C20H29N3O4/c1-14-13-15(3-4-17(14)27-2)19(20(25)26)23-9-5-16(6-10-23)22-11-7-18(24)21-8-12-22/h3-4,13,16,19H,5-12H2,1-2H3,(H,21,24)(H,25,26)/t19-/m1/s1. The summed E-state index contributed by atoms with van der Waals surface area (Å²) in [4.78, 5) is 28.0. The fraction of sp³-hybridized carbons (Fsp3) is 0.600. The number of nitrogens with zero attached hydrogens (tertiary/aromatic N) is 2. The van der Waals surface area contributed by atoms with Gasteiger partial charge in [-0.25, -0.2) is 0 Å². The van der Waals surface area contributed by atoms with E-state index in [1.54, 1.807) is 7.11 Å². The second kappa shape index (κ2) is 8.71. The molecule has 1 aromatic carbocycles. The summed E-state index contributed by atoms with van der Waals surface area (Å²) in [7, 11) is 1.62. The molecule has 0 radical (unpaired) electrons. The summed E-state index contributed by atoms with van der Waals surface area (Å²) in [6.45, 7) is 5.77. The normalized spacial score (nSPS) is 21.3. The predicted molar refractivity (Wildman–Crippen MR) is 102 cm³/mol. The van der Waals surface area contributed by atoms with Crippen LogP contribution in [0.25, 0.3) is 0 Å². The molecule has 0 saturated carbocycles. The maximum atomic E-state index is 12.0. The molecule has 1 aromatic rings. The van der Waals surface area contributed by atoms with Gasteiger partial charge in [-0.2, -0.15) is 0 Å². The molecule has 2 fully saturated rings. The lowest BCUT2D eigenvalue weighted by molar-refractivity contribution is -0.144. The Morgan fingerprint density at radius 1 is 1.26 bits per heavy atom. The summed E-state index contributed by atoms with van der Waals surface area (Å²) < 4.78 is 5.29. The number of aliphatic carboxylic acids is 1. The summed E-state index contributed by atoms with van der Waals surface area (Å²) in [5.41, 5.74) is 1.74. The van der Waals surface area contributed by atoms with Gasteiger partial charge >= 0.3 is 5.97 Å². The number of piperidine rings is 1. The van der Waals surface area contributed by atoms with Crippen molar-refractivity contribution < 1.29 is 19.4 Å². The summed E-state index contributed by atoms with van der Waals surface area (Å²) in [5.74, 6) is 0.0734. The lowest BCUT2D eigenvalue weighted by Gasteiger charge is -2.40. The van der Waals surface area contributed by atoms with Crippen LogP contribution in [0.2, 0.25) is 0 Å². The molecule has 2 aliphatic rings. The third-order valence-corrected chi connectivity index (χ3v) is 5.70. The zero-order valence-corrected chi connectivity index (χ0v) is 16.1. The minimum absolute atomic E-state index is 0.121. The van der Waals surface area contributed by atoms with Gasteiger partial charge < -0.3 is 15.2 Å². The highest BCUT2D eigenvalue weighted by atomic mass is 16.5. The number of carbonyl (C=O) groups is 2. The highest BCUT2D eigenvalue weighted by Gasteiger charge is 2.33. The summed E-state index contributed by atoms with van der Waals surface area (Å²) in [5, 5.41) is 12.8. The number of rotatable bonds is 5. The molecule has 0 bridgehead atoms. The molecule has 7 heteroatoms. The Bertz CT molecular complexity index is 686. The Balaban J connectivity index is 1.66. The zero-order chi connectivity index (χ0) is 19.4. The molecule has 27 heavy (non-hydrogen) atoms. The molecule has 0 aromatic heterocycles. The van der Waals surface area contributed by atoms with Crippen molar-refractivity contribution in [2.75, 3.05) is 39.8 Å². The second-order valence-corrected chi connectivity index (χ2v) is 7.37. The summed E-state index contributed by atoms with van der Waals surface area (Å²) >= 11 is 0. The Morgan fingerprint density at radius 2 is 2.00 bits per heavy atom. The molecule has 148 valence electrons. The van der Waals surface area contributed by atoms with Crippen LogP contribution in [0, 0.1) is 6.92 Å². The monoisotopic (exact) mass is 375 g/mol. The molecule has 7 nitrogen and oxygen atoms in total. The molecule has 2 aliphatic heterocycles. The van der Waals surface area contributed by atoms with Crippen molar-refractivity contribution in [2.24, 2.45) is 0 Å². The first-order valence-corrected chi connectivity index (χ1v) is 9.61. The third kappa shape index (κ3) is 4.59. The number of carboxylic acids is 1. The van der Waals surface area contributed by atoms with E-state index in [9.17, 15) is 14.7 Å². The van der Waals surface area contributed by atoms with Gasteiger partial charge in [0.15, 0.2) is 0 Å². The lowest BCUT2D eigenvalue weighted by Crippen LogP contribution is -2.48. The highest BCUT2D eigenvalue weighted by molar-refractivity contribution is 5.76. The molecule has 2 N–H and O–H groups in total. The third-order valence-electron chi connectivity index (χ3n) is 5.70. The van der Waals surface area contributed by atoms with Crippen molar-refractivity contribution in [3.05, 3.63) is 29.3 Å². The largest absolute Gasteiger partial charge is 0.496 e. The number of hydrogen-bond acceptors (Lipinski definition) is 5. The minimum Gasteiger partial charge on any atom is -0.496 e. The van der Waals surface area contributed by atoms with E-state index in [0.717, 1.165) is 55.9 Å². The van der Waals surface area contributed by atoms with E-state index in [2.05, 4.69) is 15.1 Å². The van der Waals surface area contributed by atoms with E-state index in [0.29, 0.717) is 19.0 Å². The highest BCUT2D eigenvalue weighted by Crippen LogP contribution is 2.29. The molecule has 1 atom stereocenters. The van der Waals surface area contributed by atoms with Gasteiger partial charge in [-0.3, -0.25) is 19.4 Å². The number of carbonyl (C=O) groups excluding carboxylic acids is 1. The maximum Gasteiger partial charge on any atom is 0.325 e. The molecule has 0 unspecified atom stereocenters. The SMILES string of the molecule is COc1ccc([C@H](C(=O)O)N2CCC(N3CCNC(=O)CC3)CC2)cc1C. The van der Waals surface area contributed by atoms with Crippen LogP contribution in [0.5, 0.6) is 5.75 Å². The molecule has 0 aliphatic carbocycles. The Labute approximate surface area is 160 Å². The Hall–Kier alpha value is -2.12. The van der Waals surface area contributed by atoms with Gasteiger partial charge in [0.05, 0.1) is 7.11 Å². The second-order valence-electron chi connectivity index (χ2n) is 7.37. The van der Waals surface area contributed by atoms with E-state index < -0.39 is 12.0 Å². The van der Waals surface area contributed by atoms with Gasteiger partial charge in [0.25, 0.3) is 0 Å². The molecular weight excluding hydrogens is 346 g/mol. The summed E-state index contributed by atoms with van der Waals surface area (Å²) in [6.07, 6.45) is 2.39. The first kappa shape index (κ1) is 19.6. The summed E-state index contributed by atoms with van der Waals surface area (Å²) in [6, 6.07) is 5.39. The van der Waals surface area contributed by atoms with Crippen LogP contribution < -0.4 is 10.1 Å². The van der Waals surface area contributed by atoms with E-state index in [4.69, 9.17) is 4.74 Å². The smallest absolute Gasteiger partial charge is 0.325 e. The van der Waals surface area contributed by atoms with Crippen LogP contribution in [0.4, 0.5) is 0 Å². The van der Waals surface area contributed by atoms with Gasteiger partial charge in [-0.1, -0.05) is 12.1 Å². The quantitative estimate of drug-likeness (QED) is 0.810. The fourth-order valence-corrected chi connectivity index (χ4v) is 4.24. The van der Waals surface area contributed by atoms with Crippen molar-refractivity contribution in [1.82, 2.24) is 15.1 Å². The van der Waals surface area contributed by atoms with Crippen LogP contribution in [-0.2, 0) is 9.59 Å². The Morgan fingerprint density at radius 3 is 2.63 bits per heavy atom. The topological polar surface area (TPSA) is 82.1 Å². The average molecular weight is 375 g/mol. The van der Waals surface area contributed by atoms with E-state index in [-0.39, 0.29) is 5.91 Å². The Kier molecular flexibility index (Phi) is 6.34. The first-order chi connectivity index (χ1) is 13.0. The van der Waals surface area contributed by atoms with Gasteiger partial charge in [-0.15, -0.1) is 0 Å². The van der Waals surface area contributed by atoms with E-state index >= 15 is 0 Å².